The number of nitrogens with zero attached hydrogens (tertiary/aromatic N) is 5. The Hall–Kier alpha value is -2.94. The third kappa shape index (κ3) is 3.33. The van der Waals surface area contributed by atoms with Gasteiger partial charge in [-0.1, -0.05) is 29.1 Å². The summed E-state index contributed by atoms with van der Waals surface area (Å²) in [6.45, 7) is 5.53. The first kappa shape index (κ1) is 18.4. The third-order valence-corrected chi connectivity index (χ3v) is 5.56. The zero-order valence-electron chi connectivity index (χ0n) is 15.8. The molecule has 0 N–H and O–H groups in total. The highest BCUT2D eigenvalue weighted by molar-refractivity contribution is 7.99. The van der Waals surface area contributed by atoms with Crippen molar-refractivity contribution in [2.75, 3.05) is 0 Å². The van der Waals surface area contributed by atoms with Gasteiger partial charge >= 0.3 is 0 Å². The Morgan fingerprint density at radius 2 is 2.00 bits per heavy atom. The zero-order chi connectivity index (χ0) is 19.8. The number of benzene rings is 1. The van der Waals surface area contributed by atoms with E-state index in [-0.39, 0.29) is 11.1 Å². The fraction of sp³-hybridized carbons (Fsp3) is 0.263. The molecule has 0 spiro atoms. The molecule has 7 nitrogen and oxygen atoms in total. The molecule has 144 valence electrons. The number of halogens is 1. The maximum absolute atomic E-state index is 13.8. The number of aromatic nitrogens is 5. The summed E-state index contributed by atoms with van der Waals surface area (Å²) in [7, 11) is 1.89. The van der Waals surface area contributed by atoms with E-state index in [4.69, 9.17) is 8.94 Å². The van der Waals surface area contributed by atoms with Crippen molar-refractivity contribution in [3.05, 3.63) is 53.6 Å². The average molecular weight is 399 g/mol. The van der Waals surface area contributed by atoms with Crippen LogP contribution in [0.15, 0.2) is 44.6 Å². The van der Waals surface area contributed by atoms with Crippen LogP contribution in [0.4, 0.5) is 4.39 Å². The van der Waals surface area contributed by atoms with E-state index in [2.05, 4.69) is 20.3 Å². The van der Waals surface area contributed by atoms with Crippen LogP contribution in [0, 0.1) is 19.7 Å². The quantitative estimate of drug-likeness (QED) is 0.448. The van der Waals surface area contributed by atoms with Crippen LogP contribution in [0.5, 0.6) is 0 Å². The number of rotatable bonds is 5. The van der Waals surface area contributed by atoms with Crippen LogP contribution in [0.3, 0.4) is 0 Å². The molecular weight excluding hydrogens is 381 g/mol. The Balaban J connectivity index is 1.54. The molecule has 0 amide bonds. The number of hydrogen-bond donors (Lipinski definition) is 0. The highest BCUT2D eigenvalue weighted by Gasteiger charge is 2.21. The molecule has 0 aliphatic carbocycles. The first-order valence-corrected chi connectivity index (χ1v) is 9.52. The van der Waals surface area contributed by atoms with E-state index in [1.54, 1.807) is 25.3 Å². The summed E-state index contributed by atoms with van der Waals surface area (Å²) in [4.78, 5) is 4.41. The van der Waals surface area contributed by atoms with Crippen LogP contribution in [-0.2, 0) is 7.05 Å². The molecule has 1 unspecified atom stereocenters. The Bertz CT molecular complexity index is 1130. The van der Waals surface area contributed by atoms with Gasteiger partial charge in [-0.15, -0.1) is 10.2 Å². The van der Waals surface area contributed by atoms with Crippen LogP contribution >= 0.6 is 11.8 Å². The van der Waals surface area contributed by atoms with Crippen molar-refractivity contribution in [1.29, 1.82) is 0 Å². The van der Waals surface area contributed by atoms with Gasteiger partial charge in [0.1, 0.15) is 11.6 Å². The lowest BCUT2D eigenvalue weighted by Gasteiger charge is -2.06. The molecule has 3 heterocycles. The summed E-state index contributed by atoms with van der Waals surface area (Å²) in [5, 5.41) is 13.1. The highest BCUT2D eigenvalue weighted by Crippen LogP contribution is 2.35. The second-order valence-electron chi connectivity index (χ2n) is 6.44. The van der Waals surface area contributed by atoms with Gasteiger partial charge < -0.3 is 13.5 Å². The fourth-order valence-electron chi connectivity index (χ4n) is 2.73. The van der Waals surface area contributed by atoms with Crippen molar-refractivity contribution in [2.45, 2.75) is 31.2 Å². The number of furan rings is 1. The normalized spacial score (nSPS) is 12.5. The molecular formula is C19H18FN5O2S. The van der Waals surface area contributed by atoms with Gasteiger partial charge in [-0.2, -0.15) is 4.98 Å². The molecule has 4 aromatic rings. The molecule has 0 saturated heterocycles. The van der Waals surface area contributed by atoms with Crippen molar-refractivity contribution in [1.82, 2.24) is 24.9 Å². The summed E-state index contributed by atoms with van der Waals surface area (Å²) < 4.78 is 26.4. The van der Waals surface area contributed by atoms with E-state index < -0.39 is 0 Å². The minimum Gasteiger partial charge on any atom is -0.469 e. The first-order chi connectivity index (χ1) is 13.4. The van der Waals surface area contributed by atoms with Gasteiger partial charge in [0.05, 0.1) is 17.1 Å². The van der Waals surface area contributed by atoms with Crippen LogP contribution in [0.2, 0.25) is 0 Å². The summed E-state index contributed by atoms with van der Waals surface area (Å²) in [6.07, 6.45) is 1.63. The number of thioether (sulfide) groups is 1. The Kier molecular flexibility index (Phi) is 4.76. The summed E-state index contributed by atoms with van der Waals surface area (Å²) in [5.74, 6) is 2.00. The predicted molar refractivity (Wildman–Crippen MR) is 102 cm³/mol. The summed E-state index contributed by atoms with van der Waals surface area (Å²) >= 11 is 1.45. The van der Waals surface area contributed by atoms with Crippen LogP contribution in [-0.4, -0.2) is 24.9 Å². The monoisotopic (exact) mass is 399 g/mol. The van der Waals surface area contributed by atoms with Gasteiger partial charge in [-0.25, -0.2) is 4.39 Å². The Morgan fingerprint density at radius 1 is 1.18 bits per heavy atom. The number of aryl methyl sites for hydroxylation is 2. The smallest absolute Gasteiger partial charge is 0.240 e. The Morgan fingerprint density at radius 3 is 2.71 bits per heavy atom. The van der Waals surface area contributed by atoms with Crippen LogP contribution < -0.4 is 0 Å². The van der Waals surface area contributed by atoms with Crippen molar-refractivity contribution in [2.24, 2.45) is 7.05 Å². The largest absolute Gasteiger partial charge is 0.469 e. The molecule has 0 radical (unpaired) electrons. The van der Waals surface area contributed by atoms with Crippen molar-refractivity contribution in [3.8, 4) is 22.8 Å². The lowest BCUT2D eigenvalue weighted by molar-refractivity contribution is 0.380. The van der Waals surface area contributed by atoms with E-state index >= 15 is 0 Å². The maximum Gasteiger partial charge on any atom is 0.240 e. The van der Waals surface area contributed by atoms with E-state index in [0.717, 1.165) is 17.1 Å². The highest BCUT2D eigenvalue weighted by atomic mass is 32.2. The summed E-state index contributed by atoms with van der Waals surface area (Å²) in [6, 6.07) is 6.73. The average Bonchev–Trinajstić information content (AvgIpc) is 3.39. The lowest BCUT2D eigenvalue weighted by Crippen LogP contribution is -1.97. The SMILES string of the molecule is Cc1ccc(-c2noc(C(C)Sc3nnc(-c4ccoc4C)n3C)n2)cc1F. The molecule has 0 fully saturated rings. The standard InChI is InChI=1S/C19H18FN5O2S/c1-10-5-6-13(9-15(10)20)16-21-18(27-24-16)12(3)28-19-23-22-17(25(19)4)14-7-8-26-11(14)2/h5-9,12H,1-4H3. The van der Waals surface area contributed by atoms with E-state index in [1.165, 1.54) is 17.8 Å². The van der Waals surface area contributed by atoms with Crippen molar-refractivity contribution in [3.63, 3.8) is 0 Å². The van der Waals surface area contributed by atoms with Crippen LogP contribution in [0.1, 0.15) is 29.4 Å². The van der Waals surface area contributed by atoms with Gasteiger partial charge in [0.2, 0.25) is 11.7 Å². The molecule has 4 rings (SSSR count). The molecule has 0 aliphatic rings. The van der Waals surface area contributed by atoms with Gasteiger partial charge in [0.25, 0.3) is 0 Å². The van der Waals surface area contributed by atoms with E-state index in [1.807, 2.05) is 31.5 Å². The topological polar surface area (TPSA) is 82.8 Å². The summed E-state index contributed by atoms with van der Waals surface area (Å²) in [5.41, 5.74) is 2.05. The molecule has 1 atom stereocenters. The van der Waals surface area contributed by atoms with E-state index in [9.17, 15) is 4.39 Å². The zero-order valence-corrected chi connectivity index (χ0v) is 16.6. The van der Waals surface area contributed by atoms with Crippen LogP contribution in [0.25, 0.3) is 22.8 Å². The molecule has 28 heavy (non-hydrogen) atoms. The second-order valence-corrected chi connectivity index (χ2v) is 7.74. The molecule has 1 aromatic carbocycles. The predicted octanol–water partition coefficient (Wildman–Crippen LogP) is 4.73. The van der Waals surface area contributed by atoms with E-state index in [0.29, 0.717) is 28.0 Å². The molecule has 0 saturated carbocycles. The lowest BCUT2D eigenvalue weighted by atomic mass is 10.1. The van der Waals surface area contributed by atoms with Crippen molar-refractivity contribution < 1.29 is 13.3 Å². The maximum atomic E-state index is 13.8. The minimum absolute atomic E-state index is 0.155. The van der Waals surface area contributed by atoms with Gasteiger partial charge in [0, 0.05) is 12.6 Å². The second kappa shape index (κ2) is 7.23. The molecule has 0 bridgehead atoms. The van der Waals surface area contributed by atoms with Gasteiger partial charge in [-0.3, -0.25) is 0 Å². The first-order valence-electron chi connectivity index (χ1n) is 8.64. The minimum atomic E-state index is -0.299. The fourth-order valence-corrected chi connectivity index (χ4v) is 3.57. The Labute approximate surface area is 165 Å². The van der Waals surface area contributed by atoms with Gasteiger partial charge in [0.15, 0.2) is 11.0 Å². The van der Waals surface area contributed by atoms with Crippen molar-refractivity contribution >= 4 is 11.8 Å². The molecule has 0 aliphatic heterocycles. The third-order valence-electron chi connectivity index (χ3n) is 4.44. The number of hydrogen-bond acceptors (Lipinski definition) is 7. The molecule has 9 heteroatoms. The molecule has 3 aromatic heterocycles. The van der Waals surface area contributed by atoms with Gasteiger partial charge in [-0.05, 0) is 38.5 Å².